The molecule has 0 aromatic carbocycles. The van der Waals surface area contributed by atoms with E-state index < -0.39 is 0 Å². The summed E-state index contributed by atoms with van der Waals surface area (Å²) in [5.41, 5.74) is 0. The van der Waals surface area contributed by atoms with Gasteiger partial charge in [0, 0.05) is 19.6 Å². The molecule has 1 fully saturated rings. The van der Waals surface area contributed by atoms with Crippen LogP contribution in [0.3, 0.4) is 0 Å². The Kier molecular flexibility index (Phi) is 5.72. The standard InChI is InChI=1S/C7H15NO3S/c9-12-11-5-1-2-8-3-6-10-7-4-8/h9H,1-7H2. The summed E-state index contributed by atoms with van der Waals surface area (Å²) in [5.74, 6) is 0. The number of morpholine rings is 1. The molecule has 0 amide bonds. The lowest BCUT2D eigenvalue weighted by molar-refractivity contribution is 0.0360. The van der Waals surface area contributed by atoms with E-state index in [1.807, 2.05) is 0 Å². The summed E-state index contributed by atoms with van der Waals surface area (Å²) in [4.78, 5) is 2.34. The SMILES string of the molecule is OSOCCCN1CCOCC1. The van der Waals surface area contributed by atoms with E-state index in [9.17, 15) is 0 Å². The van der Waals surface area contributed by atoms with Crippen molar-refractivity contribution in [1.29, 1.82) is 0 Å². The molecule has 0 atom stereocenters. The lowest BCUT2D eigenvalue weighted by atomic mass is 10.3. The maximum Gasteiger partial charge on any atom is 0.155 e. The van der Waals surface area contributed by atoms with Crippen molar-refractivity contribution in [1.82, 2.24) is 4.90 Å². The van der Waals surface area contributed by atoms with Crippen LogP contribution in [-0.4, -0.2) is 48.9 Å². The van der Waals surface area contributed by atoms with E-state index in [0.29, 0.717) is 18.9 Å². The molecule has 0 aliphatic carbocycles. The summed E-state index contributed by atoms with van der Waals surface area (Å²) in [6.45, 7) is 5.37. The Labute approximate surface area is 77.2 Å². The van der Waals surface area contributed by atoms with Crippen LogP contribution >= 0.6 is 12.3 Å². The molecule has 0 spiro atoms. The normalized spacial score (nSPS) is 19.8. The number of hydrogen-bond acceptors (Lipinski definition) is 5. The van der Waals surface area contributed by atoms with Crippen molar-refractivity contribution in [3.63, 3.8) is 0 Å². The molecule has 0 aromatic rings. The van der Waals surface area contributed by atoms with Crippen LogP contribution in [0.5, 0.6) is 0 Å². The fourth-order valence-corrected chi connectivity index (χ4v) is 1.40. The highest BCUT2D eigenvalue weighted by molar-refractivity contribution is 7.88. The van der Waals surface area contributed by atoms with Crippen LogP contribution in [0.25, 0.3) is 0 Å². The molecular formula is C7H15NO3S. The van der Waals surface area contributed by atoms with Crippen LogP contribution in [0, 0.1) is 0 Å². The Bertz CT molecular complexity index is 109. The van der Waals surface area contributed by atoms with Gasteiger partial charge in [-0.1, -0.05) is 0 Å². The summed E-state index contributed by atoms with van der Waals surface area (Å²) in [5, 5.41) is 0. The van der Waals surface area contributed by atoms with E-state index in [-0.39, 0.29) is 0 Å². The largest absolute Gasteiger partial charge is 0.379 e. The summed E-state index contributed by atoms with van der Waals surface area (Å²) in [6.07, 6.45) is 0.966. The molecule has 1 aliphatic rings. The Morgan fingerprint density at radius 3 is 2.83 bits per heavy atom. The number of rotatable bonds is 5. The van der Waals surface area contributed by atoms with Gasteiger partial charge in [-0.15, -0.1) is 0 Å². The van der Waals surface area contributed by atoms with Crippen molar-refractivity contribution in [2.24, 2.45) is 0 Å². The second-order valence-corrected chi connectivity index (χ2v) is 3.09. The van der Waals surface area contributed by atoms with E-state index in [4.69, 9.17) is 13.5 Å². The Morgan fingerprint density at radius 1 is 1.42 bits per heavy atom. The maximum absolute atomic E-state index is 8.26. The van der Waals surface area contributed by atoms with Gasteiger partial charge in [0.25, 0.3) is 0 Å². The predicted octanol–water partition coefficient (Wildman–Crippen LogP) is 0.847. The molecule has 1 rings (SSSR count). The first-order valence-corrected chi connectivity index (χ1v) is 4.86. The zero-order valence-electron chi connectivity index (χ0n) is 7.07. The average Bonchev–Trinajstić information content (AvgIpc) is 2.14. The minimum absolute atomic E-state index is 0.445. The first kappa shape index (κ1) is 10.3. The smallest absolute Gasteiger partial charge is 0.155 e. The van der Waals surface area contributed by atoms with Crippen LogP contribution < -0.4 is 0 Å². The number of nitrogens with zero attached hydrogens (tertiary/aromatic N) is 1. The number of hydrogen-bond donors (Lipinski definition) is 1. The molecule has 1 aliphatic heterocycles. The lowest BCUT2D eigenvalue weighted by Crippen LogP contribution is -2.37. The molecule has 0 bridgehead atoms. The second-order valence-electron chi connectivity index (χ2n) is 2.70. The van der Waals surface area contributed by atoms with Crippen molar-refractivity contribution >= 4 is 12.3 Å². The Balaban J connectivity index is 1.91. The highest BCUT2D eigenvalue weighted by atomic mass is 32.2. The monoisotopic (exact) mass is 193 g/mol. The zero-order valence-corrected chi connectivity index (χ0v) is 7.89. The third kappa shape index (κ3) is 4.27. The highest BCUT2D eigenvalue weighted by Gasteiger charge is 2.08. The maximum atomic E-state index is 8.26. The van der Waals surface area contributed by atoms with E-state index >= 15 is 0 Å². The van der Waals surface area contributed by atoms with E-state index in [2.05, 4.69) is 4.90 Å². The molecule has 5 heteroatoms. The van der Waals surface area contributed by atoms with Crippen molar-refractivity contribution in [2.45, 2.75) is 6.42 Å². The quantitative estimate of drug-likeness (QED) is 0.518. The van der Waals surface area contributed by atoms with Crippen LogP contribution in [0.4, 0.5) is 0 Å². The fraction of sp³-hybridized carbons (Fsp3) is 1.00. The van der Waals surface area contributed by atoms with Crippen LogP contribution in [0.15, 0.2) is 0 Å². The van der Waals surface area contributed by atoms with Gasteiger partial charge in [-0.05, 0) is 6.42 Å². The average molecular weight is 193 g/mol. The van der Waals surface area contributed by atoms with E-state index in [1.54, 1.807) is 0 Å². The van der Waals surface area contributed by atoms with Crippen LogP contribution in [0.1, 0.15) is 6.42 Å². The summed E-state index contributed by atoms with van der Waals surface area (Å²) >= 11 is 0.445. The van der Waals surface area contributed by atoms with Crippen molar-refractivity contribution in [3.05, 3.63) is 0 Å². The first-order chi connectivity index (χ1) is 5.93. The summed E-state index contributed by atoms with van der Waals surface area (Å²) < 4.78 is 18.2. The summed E-state index contributed by atoms with van der Waals surface area (Å²) in [6, 6.07) is 0. The third-order valence-electron chi connectivity index (χ3n) is 1.86. The van der Waals surface area contributed by atoms with Gasteiger partial charge >= 0.3 is 0 Å². The van der Waals surface area contributed by atoms with Gasteiger partial charge in [0.05, 0.1) is 19.8 Å². The second kappa shape index (κ2) is 6.68. The molecule has 4 nitrogen and oxygen atoms in total. The molecule has 0 aromatic heterocycles. The Hall–Kier alpha value is 0.190. The van der Waals surface area contributed by atoms with Gasteiger partial charge in [0.2, 0.25) is 0 Å². The van der Waals surface area contributed by atoms with E-state index in [0.717, 1.165) is 39.3 Å². The topological polar surface area (TPSA) is 41.9 Å². The first-order valence-electron chi connectivity index (χ1n) is 4.16. The molecule has 1 N–H and O–H groups in total. The van der Waals surface area contributed by atoms with E-state index in [1.165, 1.54) is 0 Å². The predicted molar refractivity (Wildman–Crippen MR) is 48.0 cm³/mol. The number of ether oxygens (including phenoxy) is 1. The molecule has 0 radical (unpaired) electrons. The molecule has 0 saturated carbocycles. The minimum atomic E-state index is 0.445. The highest BCUT2D eigenvalue weighted by Crippen LogP contribution is 2.00. The van der Waals surface area contributed by atoms with Crippen molar-refractivity contribution in [2.75, 3.05) is 39.5 Å². The molecule has 1 saturated heterocycles. The summed E-state index contributed by atoms with van der Waals surface area (Å²) in [7, 11) is 0. The Morgan fingerprint density at radius 2 is 2.17 bits per heavy atom. The van der Waals surface area contributed by atoms with Gasteiger partial charge in [-0.25, -0.2) is 0 Å². The fourth-order valence-electron chi connectivity index (χ4n) is 1.21. The lowest BCUT2D eigenvalue weighted by Gasteiger charge is -2.26. The van der Waals surface area contributed by atoms with Crippen molar-refractivity contribution < 1.29 is 13.5 Å². The van der Waals surface area contributed by atoms with Gasteiger partial charge in [-0.2, -0.15) is 0 Å². The zero-order chi connectivity index (χ0) is 8.65. The molecular weight excluding hydrogens is 178 g/mol. The van der Waals surface area contributed by atoms with Gasteiger partial charge in [0.1, 0.15) is 0 Å². The molecule has 72 valence electrons. The molecule has 0 unspecified atom stereocenters. The third-order valence-corrected chi connectivity index (χ3v) is 2.13. The molecule has 12 heavy (non-hydrogen) atoms. The molecule has 1 heterocycles. The van der Waals surface area contributed by atoms with Gasteiger partial charge in [-0.3, -0.25) is 9.08 Å². The van der Waals surface area contributed by atoms with Crippen LogP contribution in [-0.2, 0) is 8.92 Å². The minimum Gasteiger partial charge on any atom is -0.379 e. The van der Waals surface area contributed by atoms with Crippen molar-refractivity contribution in [3.8, 4) is 0 Å². The van der Waals surface area contributed by atoms with Crippen LogP contribution in [0.2, 0.25) is 0 Å². The van der Waals surface area contributed by atoms with Gasteiger partial charge in [0.15, 0.2) is 12.3 Å². The van der Waals surface area contributed by atoms with Gasteiger partial charge < -0.3 is 9.29 Å².